The Bertz CT molecular complexity index is 1410. The molecule has 0 fully saturated rings. The average molecular weight is 563 g/mol. The fraction of sp³-hybridized carbons (Fsp3) is 0.276. The Kier molecular flexibility index (Phi) is 8.65. The van der Waals surface area contributed by atoms with Gasteiger partial charge in [0.15, 0.2) is 5.13 Å². The molecule has 2 aromatic heterocycles. The summed E-state index contributed by atoms with van der Waals surface area (Å²) in [6.07, 6.45) is 6.25. The molecular formula is C29H30N4O4S2. The van der Waals surface area contributed by atoms with Crippen LogP contribution < -0.4 is 19.7 Å². The van der Waals surface area contributed by atoms with E-state index in [2.05, 4.69) is 15.2 Å². The Morgan fingerprint density at radius 2 is 1.87 bits per heavy atom. The highest BCUT2D eigenvalue weighted by Gasteiger charge is 2.22. The quantitative estimate of drug-likeness (QED) is 0.226. The molecule has 1 aliphatic heterocycles. The molecule has 0 saturated carbocycles. The van der Waals surface area contributed by atoms with Crippen LogP contribution in [0.3, 0.4) is 0 Å². The smallest absolute Gasteiger partial charge is 0.257 e. The predicted octanol–water partition coefficient (Wildman–Crippen LogP) is 6.28. The van der Waals surface area contributed by atoms with E-state index in [4.69, 9.17) is 19.2 Å². The van der Waals surface area contributed by atoms with Crippen molar-refractivity contribution in [2.24, 2.45) is 0 Å². The van der Waals surface area contributed by atoms with Gasteiger partial charge in [-0.3, -0.25) is 15.1 Å². The van der Waals surface area contributed by atoms with Crippen LogP contribution in [0, 0.1) is 0 Å². The van der Waals surface area contributed by atoms with Crippen molar-refractivity contribution in [1.29, 1.82) is 0 Å². The third-order valence-electron chi connectivity index (χ3n) is 6.16. The Hall–Kier alpha value is -3.60. The second-order valence-corrected chi connectivity index (χ2v) is 11.0. The number of fused-ring (bicyclic) bond motifs is 1. The second kappa shape index (κ2) is 12.5. The maximum absolute atomic E-state index is 13.4. The molecule has 3 heterocycles. The van der Waals surface area contributed by atoms with Crippen molar-refractivity contribution in [3.8, 4) is 17.2 Å². The van der Waals surface area contributed by atoms with Crippen molar-refractivity contribution in [2.75, 3.05) is 36.7 Å². The van der Waals surface area contributed by atoms with Gasteiger partial charge in [0.1, 0.15) is 23.4 Å². The number of hydrogen-bond acceptors (Lipinski definition) is 9. The summed E-state index contributed by atoms with van der Waals surface area (Å²) < 4.78 is 17.3. The first-order chi connectivity index (χ1) is 19.0. The van der Waals surface area contributed by atoms with Crippen LogP contribution in [0.5, 0.6) is 17.2 Å². The number of carbonyl (C=O) groups is 1. The third-order valence-corrected chi connectivity index (χ3v) is 7.90. The molecule has 5 rings (SSSR count). The minimum atomic E-state index is -0.278. The van der Waals surface area contributed by atoms with Crippen LogP contribution in [0.2, 0.25) is 0 Å². The van der Waals surface area contributed by atoms with Gasteiger partial charge in [0.2, 0.25) is 0 Å². The lowest BCUT2D eigenvalue weighted by molar-refractivity contribution is 0.0916. The molecule has 0 bridgehead atoms. The van der Waals surface area contributed by atoms with Crippen LogP contribution in [-0.4, -0.2) is 48.5 Å². The zero-order chi connectivity index (χ0) is 27.2. The predicted molar refractivity (Wildman–Crippen MR) is 156 cm³/mol. The van der Waals surface area contributed by atoms with Crippen molar-refractivity contribution in [3.63, 3.8) is 0 Å². The van der Waals surface area contributed by atoms with Gasteiger partial charge in [0.05, 0.1) is 18.8 Å². The van der Waals surface area contributed by atoms with E-state index in [1.165, 1.54) is 11.3 Å². The van der Waals surface area contributed by atoms with Gasteiger partial charge in [-0.1, -0.05) is 11.3 Å². The van der Waals surface area contributed by atoms with Gasteiger partial charge in [-0.2, -0.15) is 0 Å². The van der Waals surface area contributed by atoms with Gasteiger partial charge in [-0.15, -0.1) is 11.8 Å². The lowest BCUT2D eigenvalue weighted by atomic mass is 10.1. The van der Waals surface area contributed by atoms with Crippen molar-refractivity contribution in [3.05, 3.63) is 83.1 Å². The lowest BCUT2D eigenvalue weighted by Gasteiger charge is -2.27. The van der Waals surface area contributed by atoms with Crippen LogP contribution in [0.4, 0.5) is 10.8 Å². The molecule has 39 heavy (non-hydrogen) atoms. The number of nitrogens with zero attached hydrogens (tertiary/aromatic N) is 3. The van der Waals surface area contributed by atoms with Gasteiger partial charge in [-0.25, -0.2) is 4.98 Å². The minimum absolute atomic E-state index is 0.198. The number of carbonyl (C=O) groups excluding carboxylic acids is 1. The van der Waals surface area contributed by atoms with Gasteiger partial charge in [-0.05, 0) is 61.7 Å². The van der Waals surface area contributed by atoms with Crippen LogP contribution in [0.25, 0.3) is 0 Å². The molecule has 0 aliphatic carbocycles. The number of thiazole rings is 1. The average Bonchev–Trinajstić information content (AvgIpc) is 3.35. The Labute approximate surface area is 236 Å². The fourth-order valence-corrected chi connectivity index (χ4v) is 5.73. The van der Waals surface area contributed by atoms with Crippen molar-refractivity contribution < 1.29 is 19.0 Å². The Morgan fingerprint density at radius 1 is 1.10 bits per heavy atom. The Morgan fingerprint density at radius 3 is 2.62 bits per heavy atom. The normalized spacial score (nSPS) is 13.5. The molecule has 1 N–H and O–H groups in total. The number of thioether (sulfide) groups is 1. The number of nitrogens with one attached hydrogen (secondary N) is 1. The van der Waals surface area contributed by atoms with Crippen LogP contribution in [-0.2, 0) is 17.7 Å². The van der Waals surface area contributed by atoms with E-state index >= 15 is 0 Å². The van der Waals surface area contributed by atoms with Crippen molar-refractivity contribution in [1.82, 2.24) is 9.97 Å². The van der Waals surface area contributed by atoms with E-state index in [0.717, 1.165) is 40.7 Å². The van der Waals surface area contributed by atoms with Crippen molar-refractivity contribution in [2.45, 2.75) is 30.9 Å². The summed E-state index contributed by atoms with van der Waals surface area (Å²) in [7, 11) is 1.63. The maximum Gasteiger partial charge on any atom is 0.257 e. The topological polar surface area (TPSA) is 85.8 Å². The number of ether oxygens (including phenoxy) is 3. The standard InChI is InChI=1S/C29H30N4O4S2/c1-19(18-35-2)36-23-14-20(15-24(16-23)37-22-4-6-25(38-3)7-5-22)28(34)32-29-31-26-10-13-33(17-27(26)39-29)21-8-11-30-12-9-21/h4-9,11-12,14-16,19H,10,13,17-18H2,1-3H3,(H,31,32,34). The molecule has 0 saturated heterocycles. The van der Waals surface area contributed by atoms with E-state index in [1.54, 1.807) is 49.5 Å². The largest absolute Gasteiger partial charge is 0.488 e. The van der Waals surface area contributed by atoms with Gasteiger partial charge < -0.3 is 19.1 Å². The number of hydrogen-bond donors (Lipinski definition) is 1. The highest BCUT2D eigenvalue weighted by molar-refractivity contribution is 7.98. The van der Waals surface area contributed by atoms with Gasteiger partial charge >= 0.3 is 0 Å². The third kappa shape index (κ3) is 6.89. The summed E-state index contributed by atoms with van der Waals surface area (Å²) in [5.41, 5.74) is 2.58. The number of benzene rings is 2. The Balaban J connectivity index is 1.34. The molecule has 202 valence electrons. The number of aromatic nitrogens is 2. The van der Waals surface area contributed by atoms with E-state index in [9.17, 15) is 4.79 Å². The van der Waals surface area contributed by atoms with E-state index in [0.29, 0.717) is 34.6 Å². The summed E-state index contributed by atoms with van der Waals surface area (Å²) in [6, 6.07) is 17.0. The molecule has 8 nitrogen and oxygen atoms in total. The summed E-state index contributed by atoms with van der Waals surface area (Å²) in [6.45, 7) is 3.95. The van der Waals surface area contributed by atoms with Crippen LogP contribution in [0.1, 0.15) is 27.9 Å². The second-order valence-electron chi connectivity index (χ2n) is 9.07. The van der Waals surface area contributed by atoms with Crippen molar-refractivity contribution >= 4 is 39.8 Å². The zero-order valence-corrected chi connectivity index (χ0v) is 23.7. The molecule has 1 atom stereocenters. The molecular weight excluding hydrogens is 532 g/mol. The first-order valence-electron chi connectivity index (χ1n) is 12.6. The number of rotatable bonds is 10. The van der Waals surface area contributed by atoms with E-state index < -0.39 is 0 Å². The minimum Gasteiger partial charge on any atom is -0.488 e. The summed E-state index contributed by atoms with van der Waals surface area (Å²) in [5.74, 6) is 1.42. The fourth-order valence-electron chi connectivity index (χ4n) is 4.30. The number of pyridine rings is 1. The van der Waals surface area contributed by atoms with Gasteiger partial charge in [0, 0.05) is 59.6 Å². The molecule has 0 radical (unpaired) electrons. The summed E-state index contributed by atoms with van der Waals surface area (Å²) in [5, 5.41) is 3.56. The molecule has 0 spiro atoms. The maximum atomic E-state index is 13.4. The summed E-state index contributed by atoms with van der Waals surface area (Å²) >= 11 is 3.17. The highest BCUT2D eigenvalue weighted by Crippen LogP contribution is 2.33. The summed E-state index contributed by atoms with van der Waals surface area (Å²) in [4.78, 5) is 26.8. The van der Waals surface area contributed by atoms with Crippen LogP contribution >= 0.6 is 23.1 Å². The first-order valence-corrected chi connectivity index (χ1v) is 14.6. The monoisotopic (exact) mass is 562 g/mol. The number of methoxy groups -OCH3 is 1. The van der Waals surface area contributed by atoms with E-state index in [1.807, 2.05) is 49.6 Å². The molecule has 4 aromatic rings. The molecule has 2 aromatic carbocycles. The molecule has 1 unspecified atom stereocenters. The van der Waals surface area contributed by atoms with Gasteiger partial charge in [0.25, 0.3) is 5.91 Å². The zero-order valence-electron chi connectivity index (χ0n) is 22.0. The molecule has 1 amide bonds. The number of amides is 1. The highest BCUT2D eigenvalue weighted by atomic mass is 32.2. The lowest BCUT2D eigenvalue weighted by Crippen LogP contribution is -2.29. The molecule has 10 heteroatoms. The molecule has 1 aliphatic rings. The SMILES string of the molecule is COCC(C)Oc1cc(Oc2ccc(SC)cc2)cc(C(=O)Nc2nc3c(s2)CN(c2ccncc2)CC3)c1. The van der Waals surface area contributed by atoms with Crippen LogP contribution in [0.15, 0.2) is 71.9 Å². The van der Waals surface area contributed by atoms with E-state index in [-0.39, 0.29) is 12.0 Å². The first kappa shape index (κ1) is 27.0. The number of anilines is 2.